The van der Waals surface area contributed by atoms with Crippen LogP contribution in [0.25, 0.3) is 0 Å². The number of allylic oxidation sites excluding steroid dienone is 1. The summed E-state index contributed by atoms with van der Waals surface area (Å²) in [7, 11) is 0. The molecule has 0 saturated carbocycles. The highest BCUT2D eigenvalue weighted by Crippen LogP contribution is 2.28. The number of aromatic nitrogens is 3. The fraction of sp³-hybridized carbons (Fsp3) is 0.200. The molecular formula is C10H11ClN4S2. The van der Waals surface area contributed by atoms with Crippen molar-refractivity contribution in [1.82, 2.24) is 14.8 Å². The molecule has 0 unspecified atom stereocenters. The van der Waals surface area contributed by atoms with Crippen LogP contribution in [0.1, 0.15) is 4.88 Å². The molecule has 0 bridgehead atoms. The molecule has 7 heteroatoms. The van der Waals surface area contributed by atoms with E-state index < -0.39 is 0 Å². The Hall–Kier alpha value is -0.980. The highest BCUT2D eigenvalue weighted by atomic mass is 35.5. The van der Waals surface area contributed by atoms with Gasteiger partial charge in [-0.25, -0.2) is 0 Å². The van der Waals surface area contributed by atoms with Crippen molar-refractivity contribution in [2.24, 2.45) is 0 Å². The zero-order valence-corrected chi connectivity index (χ0v) is 11.4. The molecule has 4 nitrogen and oxygen atoms in total. The highest BCUT2D eigenvalue weighted by molar-refractivity contribution is 7.98. The van der Waals surface area contributed by atoms with Gasteiger partial charge in [0.1, 0.15) is 0 Å². The van der Waals surface area contributed by atoms with Crippen molar-refractivity contribution in [1.29, 1.82) is 0 Å². The number of nitrogens with two attached hydrogens (primary N) is 1. The molecule has 0 aliphatic rings. The molecule has 2 N–H and O–H groups in total. The molecule has 0 aliphatic carbocycles. The maximum absolute atomic E-state index is 5.87. The number of anilines is 1. The first-order valence-electron chi connectivity index (χ1n) is 4.87. The largest absolute Gasteiger partial charge is 0.368 e. The van der Waals surface area contributed by atoms with Crippen LogP contribution in [0.5, 0.6) is 0 Å². The van der Waals surface area contributed by atoms with E-state index in [1.165, 1.54) is 4.88 Å². The predicted molar refractivity (Wildman–Crippen MR) is 73.5 cm³/mol. The lowest BCUT2D eigenvalue weighted by Crippen LogP contribution is -2.02. The monoisotopic (exact) mass is 286 g/mol. The summed E-state index contributed by atoms with van der Waals surface area (Å²) in [6.07, 6.45) is 1.77. The van der Waals surface area contributed by atoms with Gasteiger partial charge in [0.15, 0.2) is 5.16 Å². The Labute approximate surface area is 112 Å². The van der Waals surface area contributed by atoms with Crippen molar-refractivity contribution < 1.29 is 0 Å². The summed E-state index contributed by atoms with van der Waals surface area (Å²) in [5, 5.41) is 8.68. The van der Waals surface area contributed by atoms with Crippen molar-refractivity contribution in [3.8, 4) is 0 Å². The first kappa shape index (κ1) is 12.5. The summed E-state index contributed by atoms with van der Waals surface area (Å²) < 4.78 is 2.63. The molecule has 0 aliphatic heterocycles. The number of nitrogen functional groups attached to an aromatic ring is 1. The number of hydrogen-bond acceptors (Lipinski definition) is 5. The highest BCUT2D eigenvalue weighted by Gasteiger charge is 2.09. The van der Waals surface area contributed by atoms with E-state index in [1.54, 1.807) is 29.2 Å². The average Bonchev–Trinajstić information content (AvgIpc) is 2.86. The maximum atomic E-state index is 5.87. The van der Waals surface area contributed by atoms with Crippen LogP contribution in [0.2, 0.25) is 4.34 Å². The van der Waals surface area contributed by atoms with E-state index in [4.69, 9.17) is 17.3 Å². The lowest BCUT2D eigenvalue weighted by Gasteiger charge is -2.03. The number of thiophene rings is 1. The third-order valence-corrected chi connectivity index (χ3v) is 4.46. The summed E-state index contributed by atoms with van der Waals surface area (Å²) in [6, 6.07) is 3.91. The summed E-state index contributed by atoms with van der Waals surface area (Å²) >= 11 is 9.03. The van der Waals surface area contributed by atoms with Gasteiger partial charge in [0.05, 0.1) is 4.34 Å². The molecule has 0 aromatic carbocycles. The molecule has 0 saturated heterocycles. The topological polar surface area (TPSA) is 56.7 Å². The molecule has 2 aromatic rings. The molecular weight excluding hydrogens is 276 g/mol. The van der Waals surface area contributed by atoms with Crippen LogP contribution in [0.3, 0.4) is 0 Å². The molecule has 2 aromatic heterocycles. The average molecular weight is 287 g/mol. The zero-order valence-electron chi connectivity index (χ0n) is 8.97. The summed E-state index contributed by atoms with van der Waals surface area (Å²) in [6.45, 7) is 4.30. The van der Waals surface area contributed by atoms with Gasteiger partial charge in [-0.1, -0.05) is 29.4 Å². The van der Waals surface area contributed by atoms with Crippen LogP contribution in [0.15, 0.2) is 29.9 Å². The van der Waals surface area contributed by atoms with E-state index in [1.807, 2.05) is 16.7 Å². The number of hydrogen-bond donors (Lipinski definition) is 1. The van der Waals surface area contributed by atoms with E-state index >= 15 is 0 Å². The molecule has 0 amide bonds. The Morgan fingerprint density at radius 1 is 1.53 bits per heavy atom. The Bertz CT molecular complexity index is 520. The fourth-order valence-electron chi connectivity index (χ4n) is 1.27. The normalized spacial score (nSPS) is 10.6. The van der Waals surface area contributed by atoms with Gasteiger partial charge < -0.3 is 5.73 Å². The first-order chi connectivity index (χ1) is 8.20. The molecule has 0 fully saturated rings. The minimum Gasteiger partial charge on any atom is -0.368 e. The second-order valence-electron chi connectivity index (χ2n) is 3.23. The van der Waals surface area contributed by atoms with Gasteiger partial charge in [-0.15, -0.1) is 28.1 Å². The van der Waals surface area contributed by atoms with Gasteiger partial charge >= 0.3 is 0 Å². The van der Waals surface area contributed by atoms with Crippen LogP contribution in [0.4, 0.5) is 5.95 Å². The molecule has 0 radical (unpaired) electrons. The van der Waals surface area contributed by atoms with Crippen LogP contribution < -0.4 is 5.73 Å². The number of rotatable bonds is 5. The molecule has 90 valence electrons. The van der Waals surface area contributed by atoms with Crippen molar-refractivity contribution in [2.75, 3.05) is 5.73 Å². The van der Waals surface area contributed by atoms with E-state index in [2.05, 4.69) is 16.8 Å². The smallest absolute Gasteiger partial charge is 0.222 e. The second kappa shape index (κ2) is 5.57. The van der Waals surface area contributed by atoms with Gasteiger partial charge in [-0.3, -0.25) is 4.57 Å². The lowest BCUT2D eigenvalue weighted by molar-refractivity contribution is 0.733. The Kier molecular flexibility index (Phi) is 4.09. The second-order valence-corrected chi connectivity index (χ2v) is 5.98. The molecule has 17 heavy (non-hydrogen) atoms. The zero-order chi connectivity index (χ0) is 12.3. The van der Waals surface area contributed by atoms with Gasteiger partial charge in [0.25, 0.3) is 0 Å². The van der Waals surface area contributed by atoms with E-state index in [9.17, 15) is 0 Å². The number of nitrogens with zero attached hydrogens (tertiary/aromatic N) is 3. The van der Waals surface area contributed by atoms with Gasteiger partial charge in [0, 0.05) is 17.2 Å². The minimum absolute atomic E-state index is 0.414. The van der Waals surface area contributed by atoms with Crippen LogP contribution in [0, 0.1) is 0 Å². The minimum atomic E-state index is 0.414. The van der Waals surface area contributed by atoms with Crippen LogP contribution in [-0.4, -0.2) is 14.8 Å². The van der Waals surface area contributed by atoms with Crippen molar-refractivity contribution >= 4 is 40.6 Å². The molecule has 0 atom stereocenters. The summed E-state index contributed by atoms with van der Waals surface area (Å²) in [4.78, 5) is 1.20. The first-order valence-corrected chi connectivity index (χ1v) is 7.05. The van der Waals surface area contributed by atoms with E-state index in [0.29, 0.717) is 12.5 Å². The van der Waals surface area contributed by atoms with Crippen molar-refractivity contribution in [3.05, 3.63) is 34.0 Å². The maximum Gasteiger partial charge on any atom is 0.222 e. The van der Waals surface area contributed by atoms with Gasteiger partial charge in [0.2, 0.25) is 5.95 Å². The van der Waals surface area contributed by atoms with Crippen LogP contribution in [-0.2, 0) is 12.3 Å². The summed E-state index contributed by atoms with van der Waals surface area (Å²) in [5.41, 5.74) is 5.71. The quantitative estimate of drug-likeness (QED) is 0.678. The van der Waals surface area contributed by atoms with E-state index in [0.717, 1.165) is 15.2 Å². The Morgan fingerprint density at radius 2 is 2.35 bits per heavy atom. The Morgan fingerprint density at radius 3 is 3.00 bits per heavy atom. The number of thioether (sulfide) groups is 1. The van der Waals surface area contributed by atoms with Crippen molar-refractivity contribution in [2.45, 2.75) is 17.5 Å². The third-order valence-electron chi connectivity index (χ3n) is 2.03. The Balaban J connectivity index is 2.06. The van der Waals surface area contributed by atoms with Gasteiger partial charge in [-0.05, 0) is 12.1 Å². The molecule has 0 spiro atoms. The predicted octanol–water partition coefficient (Wildman–Crippen LogP) is 3.05. The van der Waals surface area contributed by atoms with Gasteiger partial charge in [-0.2, -0.15) is 0 Å². The molecule has 2 heterocycles. The number of halogens is 1. The fourth-order valence-corrected chi connectivity index (χ4v) is 3.36. The third kappa shape index (κ3) is 3.02. The van der Waals surface area contributed by atoms with Crippen LogP contribution >= 0.6 is 34.7 Å². The van der Waals surface area contributed by atoms with Crippen molar-refractivity contribution in [3.63, 3.8) is 0 Å². The van der Waals surface area contributed by atoms with E-state index in [-0.39, 0.29) is 0 Å². The standard InChI is InChI=1S/C10H11ClN4S2/c1-2-5-15-9(12)13-14-10(15)16-6-7-3-4-8(11)17-7/h2-4H,1,5-6H2,(H2,12,13). The lowest BCUT2D eigenvalue weighted by atomic mass is 10.5. The molecule has 2 rings (SSSR count). The SMILES string of the molecule is C=CCn1c(N)nnc1SCc1ccc(Cl)s1. The summed E-state index contributed by atoms with van der Waals surface area (Å²) in [5.74, 6) is 1.23.